The van der Waals surface area contributed by atoms with E-state index in [0.717, 1.165) is 25.5 Å². The predicted molar refractivity (Wildman–Crippen MR) is 90.1 cm³/mol. The SMILES string of the molecule is CC1(C)OB(/C(C=N)=C/NC2CCB(C#N)CC2)OC1(C)C. The van der Waals surface area contributed by atoms with E-state index in [1.54, 1.807) is 0 Å². The van der Waals surface area contributed by atoms with Gasteiger partial charge in [0.15, 0.2) is 0 Å². The van der Waals surface area contributed by atoms with Crippen LogP contribution in [0.4, 0.5) is 0 Å². The van der Waals surface area contributed by atoms with Gasteiger partial charge in [-0.05, 0) is 46.7 Å². The predicted octanol–water partition coefficient (Wildman–Crippen LogP) is 2.46. The molecule has 5 nitrogen and oxygen atoms in total. The van der Waals surface area contributed by atoms with Crippen molar-refractivity contribution >= 4 is 20.0 Å². The van der Waals surface area contributed by atoms with Crippen LogP contribution in [0.2, 0.25) is 12.6 Å². The Morgan fingerprint density at radius 3 is 2.23 bits per heavy atom. The van der Waals surface area contributed by atoms with Gasteiger partial charge in [-0.25, -0.2) is 5.26 Å². The fraction of sp³-hybridized carbons (Fsp3) is 0.733. The van der Waals surface area contributed by atoms with Crippen LogP contribution in [0.3, 0.4) is 0 Å². The Bertz CT molecular complexity index is 476. The van der Waals surface area contributed by atoms with Crippen molar-refractivity contribution in [1.29, 1.82) is 10.7 Å². The van der Waals surface area contributed by atoms with Gasteiger partial charge in [0.1, 0.15) is 0 Å². The van der Waals surface area contributed by atoms with Crippen molar-refractivity contribution in [3.63, 3.8) is 0 Å². The third-order valence-corrected chi connectivity index (χ3v) is 5.09. The van der Waals surface area contributed by atoms with Crippen LogP contribution in [0, 0.1) is 16.6 Å². The van der Waals surface area contributed by atoms with Crippen molar-refractivity contribution in [2.24, 2.45) is 0 Å². The molecule has 2 fully saturated rings. The quantitative estimate of drug-likeness (QED) is 0.617. The van der Waals surface area contributed by atoms with Crippen molar-refractivity contribution < 1.29 is 9.31 Å². The zero-order chi connectivity index (χ0) is 16.4. The first-order valence-corrected chi connectivity index (χ1v) is 8.01. The lowest BCUT2D eigenvalue weighted by atomic mass is 9.42. The summed E-state index contributed by atoms with van der Waals surface area (Å²) in [5, 5.41) is 19.9. The van der Waals surface area contributed by atoms with Crippen LogP contribution in [0.1, 0.15) is 40.5 Å². The average molecular weight is 301 g/mol. The van der Waals surface area contributed by atoms with E-state index < -0.39 is 18.3 Å². The third kappa shape index (κ3) is 3.56. The average Bonchev–Trinajstić information content (AvgIpc) is 2.68. The molecule has 7 heteroatoms. The molecule has 2 rings (SSSR count). The molecule has 0 saturated carbocycles. The van der Waals surface area contributed by atoms with Gasteiger partial charge in [0.2, 0.25) is 0 Å². The minimum Gasteiger partial charge on any atom is -0.399 e. The minimum atomic E-state index is -0.509. The van der Waals surface area contributed by atoms with Gasteiger partial charge in [-0.2, -0.15) is 0 Å². The van der Waals surface area contributed by atoms with E-state index in [4.69, 9.17) is 20.0 Å². The second kappa shape index (κ2) is 6.47. The summed E-state index contributed by atoms with van der Waals surface area (Å²) in [4.78, 5) is 0. The van der Waals surface area contributed by atoms with Crippen LogP contribution in [0.5, 0.6) is 0 Å². The van der Waals surface area contributed by atoms with Crippen LogP contribution in [-0.4, -0.2) is 37.3 Å². The van der Waals surface area contributed by atoms with E-state index >= 15 is 0 Å². The summed E-state index contributed by atoms with van der Waals surface area (Å²) >= 11 is 0. The van der Waals surface area contributed by atoms with E-state index in [2.05, 4.69) is 11.3 Å². The van der Waals surface area contributed by atoms with E-state index in [0.29, 0.717) is 11.5 Å². The molecule has 0 aromatic heterocycles. The first-order valence-electron chi connectivity index (χ1n) is 8.01. The fourth-order valence-corrected chi connectivity index (χ4v) is 2.76. The van der Waals surface area contributed by atoms with Crippen molar-refractivity contribution in [2.75, 3.05) is 0 Å². The Labute approximate surface area is 134 Å². The molecule has 0 atom stereocenters. The number of nitriles is 1. The third-order valence-electron chi connectivity index (χ3n) is 5.09. The van der Waals surface area contributed by atoms with E-state index in [9.17, 15) is 0 Å². The molecule has 0 aromatic rings. The fourth-order valence-electron chi connectivity index (χ4n) is 2.76. The Morgan fingerprint density at radius 2 is 1.77 bits per heavy atom. The minimum absolute atomic E-state index is 0.201. The molecule has 118 valence electrons. The molecule has 22 heavy (non-hydrogen) atoms. The Morgan fingerprint density at radius 1 is 1.23 bits per heavy atom. The zero-order valence-corrected chi connectivity index (χ0v) is 14.0. The summed E-state index contributed by atoms with van der Waals surface area (Å²) in [6, 6.07) is 0.363. The van der Waals surface area contributed by atoms with Gasteiger partial charge in [-0.1, -0.05) is 12.6 Å². The summed E-state index contributed by atoms with van der Waals surface area (Å²) in [5.41, 5.74) is -0.101. The Balaban J connectivity index is 1.95. The molecule has 2 N–H and O–H groups in total. The van der Waals surface area contributed by atoms with Crippen molar-refractivity contribution in [1.82, 2.24) is 5.32 Å². The van der Waals surface area contributed by atoms with Gasteiger partial charge in [0, 0.05) is 23.7 Å². The van der Waals surface area contributed by atoms with E-state index in [1.165, 1.54) is 6.21 Å². The lowest BCUT2D eigenvalue weighted by molar-refractivity contribution is 0.00578. The molecular weight excluding hydrogens is 276 g/mol. The highest BCUT2D eigenvalue weighted by atomic mass is 16.7. The number of nitrogens with one attached hydrogen (secondary N) is 2. The number of nitrogens with zero attached hydrogens (tertiary/aromatic N) is 1. The molecule has 2 aliphatic rings. The highest BCUT2D eigenvalue weighted by Gasteiger charge is 2.52. The molecule has 0 spiro atoms. The molecule has 2 aliphatic heterocycles. The topological polar surface area (TPSA) is 78.1 Å². The summed E-state index contributed by atoms with van der Waals surface area (Å²) in [5.74, 6) is 2.34. The number of hydrogen-bond acceptors (Lipinski definition) is 5. The molecular formula is C15H25B2N3O2. The van der Waals surface area contributed by atoms with Gasteiger partial charge >= 0.3 is 7.12 Å². The Hall–Kier alpha value is -1.25. The number of rotatable bonds is 4. The lowest BCUT2D eigenvalue weighted by Gasteiger charge is -2.32. The second-order valence-corrected chi connectivity index (χ2v) is 7.22. The molecule has 2 saturated heterocycles. The molecule has 0 bridgehead atoms. The maximum absolute atomic E-state index is 8.93. The highest BCUT2D eigenvalue weighted by molar-refractivity contribution is 6.67. The summed E-state index contributed by atoms with van der Waals surface area (Å²) in [6.07, 6.45) is 6.99. The largest absolute Gasteiger partial charge is 0.497 e. The van der Waals surface area contributed by atoms with E-state index in [-0.39, 0.29) is 6.71 Å². The first kappa shape index (κ1) is 17.1. The molecule has 0 amide bonds. The maximum atomic E-state index is 8.93. The molecule has 0 radical (unpaired) electrons. The molecule has 2 heterocycles. The highest BCUT2D eigenvalue weighted by Crippen LogP contribution is 2.38. The van der Waals surface area contributed by atoms with Crippen LogP contribution in [0.25, 0.3) is 0 Å². The van der Waals surface area contributed by atoms with Gasteiger partial charge in [0.25, 0.3) is 6.71 Å². The summed E-state index contributed by atoms with van der Waals surface area (Å²) < 4.78 is 11.9. The normalized spacial score (nSPS) is 25.0. The number of hydrogen-bond donors (Lipinski definition) is 2. The van der Waals surface area contributed by atoms with Crippen molar-refractivity contribution in [3.05, 3.63) is 11.7 Å². The van der Waals surface area contributed by atoms with Gasteiger partial charge in [-0.3, -0.25) is 0 Å². The van der Waals surface area contributed by atoms with Gasteiger partial charge in [0.05, 0.1) is 11.2 Å². The van der Waals surface area contributed by atoms with Gasteiger partial charge in [-0.15, -0.1) is 0 Å². The Kier molecular flexibility index (Phi) is 5.03. The lowest BCUT2D eigenvalue weighted by Crippen LogP contribution is -2.41. The maximum Gasteiger partial charge on any atom is 0.497 e. The van der Waals surface area contributed by atoms with Crippen LogP contribution in [-0.2, 0) is 9.31 Å². The van der Waals surface area contributed by atoms with Gasteiger partial charge < -0.3 is 20.0 Å². The molecule has 0 aliphatic carbocycles. The zero-order valence-electron chi connectivity index (χ0n) is 14.0. The summed E-state index contributed by atoms with van der Waals surface area (Å²) in [7, 11) is -0.509. The number of allylic oxidation sites excluding steroid dienone is 1. The van der Waals surface area contributed by atoms with E-state index in [1.807, 2.05) is 33.9 Å². The van der Waals surface area contributed by atoms with Crippen molar-refractivity contribution in [3.8, 4) is 5.97 Å². The molecule has 0 unspecified atom stereocenters. The second-order valence-electron chi connectivity index (χ2n) is 7.22. The monoisotopic (exact) mass is 301 g/mol. The standard InChI is InChI=1S/C15H25B2N3O2/c1-14(2)15(3,4)22-17(21-14)12(9-18)10-20-13-5-7-16(11-19)8-6-13/h9-10,13,18,20H,5-8H2,1-4H3/b12-10+,18-9?. The molecule has 0 aromatic carbocycles. The van der Waals surface area contributed by atoms with Crippen LogP contribution in [0.15, 0.2) is 11.7 Å². The van der Waals surface area contributed by atoms with Crippen LogP contribution < -0.4 is 5.32 Å². The van der Waals surface area contributed by atoms with Crippen molar-refractivity contribution in [2.45, 2.75) is 70.4 Å². The van der Waals surface area contributed by atoms with Crippen LogP contribution >= 0.6 is 0 Å². The smallest absolute Gasteiger partial charge is 0.399 e. The summed E-state index contributed by atoms with van der Waals surface area (Å²) in [6.45, 7) is 8.22. The first-order chi connectivity index (χ1) is 10.3.